The number of rotatable bonds is 5. The molecule has 4 rings (SSSR count). The number of nitrogens with one attached hydrogen (secondary N) is 1. The first kappa shape index (κ1) is 19.2. The van der Waals surface area contributed by atoms with Crippen molar-refractivity contribution < 1.29 is 18.4 Å². The molecule has 29 heavy (non-hydrogen) atoms. The van der Waals surface area contributed by atoms with Crippen LogP contribution in [0.25, 0.3) is 11.3 Å². The van der Waals surface area contributed by atoms with E-state index in [9.17, 15) is 18.4 Å². The number of hydrogen-bond donors (Lipinski definition) is 1. The molecule has 1 fully saturated rings. The molecule has 0 atom stereocenters. The first-order chi connectivity index (χ1) is 14.0. The molecule has 1 aliphatic rings. The maximum absolute atomic E-state index is 13.4. The van der Waals surface area contributed by atoms with E-state index in [-0.39, 0.29) is 11.8 Å². The van der Waals surface area contributed by atoms with Gasteiger partial charge in [0.15, 0.2) is 16.8 Å². The van der Waals surface area contributed by atoms with Gasteiger partial charge < -0.3 is 4.90 Å². The van der Waals surface area contributed by atoms with E-state index in [4.69, 9.17) is 0 Å². The van der Waals surface area contributed by atoms with Gasteiger partial charge in [-0.05, 0) is 42.3 Å². The maximum Gasteiger partial charge on any atom is 0.257 e. The Bertz CT molecular complexity index is 1070. The molecule has 3 aromatic rings. The molecule has 2 heterocycles. The molecule has 0 unspecified atom stereocenters. The Morgan fingerprint density at radius 3 is 2.62 bits per heavy atom. The van der Waals surface area contributed by atoms with E-state index in [1.54, 1.807) is 17.5 Å². The molecule has 2 aromatic carbocycles. The normalized spacial score (nSPS) is 13.7. The minimum absolute atomic E-state index is 0.160. The molecule has 1 aromatic heterocycles. The van der Waals surface area contributed by atoms with Gasteiger partial charge in [-0.1, -0.05) is 12.1 Å². The van der Waals surface area contributed by atoms with Crippen LogP contribution in [0.1, 0.15) is 28.8 Å². The van der Waals surface area contributed by atoms with Crippen LogP contribution in [0.4, 0.5) is 13.9 Å². The van der Waals surface area contributed by atoms with Crippen LogP contribution in [-0.2, 0) is 11.3 Å². The number of halogens is 2. The number of aromatic nitrogens is 1. The Morgan fingerprint density at radius 2 is 1.93 bits per heavy atom. The van der Waals surface area contributed by atoms with Crippen molar-refractivity contribution in [3.05, 3.63) is 70.6 Å². The van der Waals surface area contributed by atoms with Gasteiger partial charge in [0, 0.05) is 36.0 Å². The molecule has 0 bridgehead atoms. The third kappa shape index (κ3) is 4.32. The van der Waals surface area contributed by atoms with E-state index in [1.807, 2.05) is 17.0 Å². The van der Waals surface area contributed by atoms with Crippen LogP contribution in [0.15, 0.2) is 47.8 Å². The van der Waals surface area contributed by atoms with Gasteiger partial charge in [0.1, 0.15) is 0 Å². The quantitative estimate of drug-likeness (QED) is 0.672. The number of nitrogens with zero attached hydrogens (tertiary/aromatic N) is 2. The van der Waals surface area contributed by atoms with E-state index in [1.165, 1.54) is 17.4 Å². The summed E-state index contributed by atoms with van der Waals surface area (Å²) in [6, 6.07) is 10.6. The van der Waals surface area contributed by atoms with Gasteiger partial charge in [0.2, 0.25) is 5.91 Å². The average molecular weight is 413 g/mol. The number of carbonyl (C=O) groups is 2. The van der Waals surface area contributed by atoms with Gasteiger partial charge >= 0.3 is 0 Å². The second-order valence-corrected chi connectivity index (χ2v) is 7.59. The Labute approximate surface area is 170 Å². The topological polar surface area (TPSA) is 62.3 Å². The van der Waals surface area contributed by atoms with Gasteiger partial charge in [0.05, 0.1) is 5.69 Å². The number of carbonyl (C=O) groups excluding carboxylic acids is 2. The lowest BCUT2D eigenvalue weighted by Crippen LogP contribution is -2.23. The number of anilines is 1. The van der Waals surface area contributed by atoms with E-state index < -0.39 is 11.6 Å². The first-order valence-electron chi connectivity index (χ1n) is 9.08. The third-order valence-corrected chi connectivity index (χ3v) is 5.46. The molecule has 0 aliphatic carbocycles. The van der Waals surface area contributed by atoms with E-state index in [0.717, 1.165) is 30.7 Å². The lowest BCUT2D eigenvalue weighted by Gasteiger charge is -2.15. The van der Waals surface area contributed by atoms with Crippen molar-refractivity contribution >= 4 is 28.3 Å². The fourth-order valence-corrected chi connectivity index (χ4v) is 3.86. The molecule has 5 nitrogen and oxygen atoms in total. The Hall–Kier alpha value is -3.13. The monoisotopic (exact) mass is 413 g/mol. The van der Waals surface area contributed by atoms with Crippen molar-refractivity contribution in [2.75, 3.05) is 11.9 Å². The molecule has 2 amide bonds. The highest BCUT2D eigenvalue weighted by molar-refractivity contribution is 7.14. The van der Waals surface area contributed by atoms with Gasteiger partial charge in [-0.25, -0.2) is 13.8 Å². The zero-order chi connectivity index (χ0) is 20.4. The van der Waals surface area contributed by atoms with Crippen LogP contribution < -0.4 is 5.32 Å². The van der Waals surface area contributed by atoms with Gasteiger partial charge in [-0.15, -0.1) is 11.3 Å². The predicted molar refractivity (Wildman–Crippen MR) is 107 cm³/mol. The van der Waals surface area contributed by atoms with Crippen LogP contribution in [0.5, 0.6) is 0 Å². The summed E-state index contributed by atoms with van der Waals surface area (Å²) in [7, 11) is 0. The van der Waals surface area contributed by atoms with Gasteiger partial charge in [0.25, 0.3) is 5.91 Å². The molecular formula is C21H17F2N3O2S. The Balaban J connectivity index is 1.41. The average Bonchev–Trinajstić information content (AvgIpc) is 3.34. The molecule has 0 radical (unpaired) electrons. The predicted octanol–water partition coefficient (Wildman–Crippen LogP) is 4.46. The van der Waals surface area contributed by atoms with Gasteiger partial charge in [-0.2, -0.15) is 0 Å². The van der Waals surface area contributed by atoms with Crippen LogP contribution in [0.3, 0.4) is 0 Å². The maximum atomic E-state index is 13.4. The van der Waals surface area contributed by atoms with Crippen LogP contribution >= 0.6 is 11.3 Å². The molecule has 1 aliphatic heterocycles. The summed E-state index contributed by atoms with van der Waals surface area (Å²) in [6.07, 6.45) is 1.49. The summed E-state index contributed by atoms with van der Waals surface area (Å²) in [5.41, 5.74) is 2.31. The minimum Gasteiger partial charge on any atom is -0.338 e. The standard InChI is InChI=1S/C21H17F2N3O2S/c22-16-8-7-15(10-17(16)23)18-12-29-21(24-18)25-20(28)14-5-3-13(4-6-14)11-26-9-1-2-19(26)27/h3-8,10,12H,1-2,9,11H2,(H,24,25,28). The molecule has 1 saturated heterocycles. The van der Waals surface area contributed by atoms with Crippen molar-refractivity contribution in [2.24, 2.45) is 0 Å². The fourth-order valence-electron chi connectivity index (χ4n) is 3.14. The zero-order valence-electron chi connectivity index (χ0n) is 15.3. The molecule has 0 spiro atoms. The van der Waals surface area contributed by atoms with Crippen LogP contribution in [0.2, 0.25) is 0 Å². The first-order valence-corrected chi connectivity index (χ1v) is 9.96. The molecule has 1 N–H and O–H groups in total. The summed E-state index contributed by atoms with van der Waals surface area (Å²) in [5, 5.41) is 4.74. The second-order valence-electron chi connectivity index (χ2n) is 6.74. The highest BCUT2D eigenvalue weighted by Crippen LogP contribution is 2.26. The Morgan fingerprint density at radius 1 is 1.14 bits per heavy atom. The van der Waals surface area contributed by atoms with Gasteiger partial charge in [-0.3, -0.25) is 14.9 Å². The number of amides is 2. The summed E-state index contributed by atoms with van der Waals surface area (Å²) in [4.78, 5) is 30.2. The SMILES string of the molecule is O=C(Nc1nc(-c2ccc(F)c(F)c2)cs1)c1ccc(CN2CCCC2=O)cc1. The summed E-state index contributed by atoms with van der Waals surface area (Å²) >= 11 is 1.20. The number of hydrogen-bond acceptors (Lipinski definition) is 4. The summed E-state index contributed by atoms with van der Waals surface area (Å²) in [6.45, 7) is 1.32. The van der Waals surface area contributed by atoms with E-state index in [2.05, 4.69) is 10.3 Å². The second kappa shape index (κ2) is 8.08. The highest BCUT2D eigenvalue weighted by Gasteiger charge is 2.20. The van der Waals surface area contributed by atoms with Crippen molar-refractivity contribution in [3.8, 4) is 11.3 Å². The summed E-state index contributed by atoms with van der Waals surface area (Å²) < 4.78 is 26.5. The lowest BCUT2D eigenvalue weighted by atomic mass is 10.1. The molecule has 148 valence electrons. The van der Waals surface area contributed by atoms with Crippen LogP contribution in [-0.4, -0.2) is 28.2 Å². The lowest BCUT2D eigenvalue weighted by molar-refractivity contribution is -0.128. The highest BCUT2D eigenvalue weighted by atomic mass is 32.1. The molecule has 8 heteroatoms. The van der Waals surface area contributed by atoms with Crippen molar-refractivity contribution in [1.29, 1.82) is 0 Å². The summed E-state index contributed by atoms with van der Waals surface area (Å²) in [5.74, 6) is -2.03. The third-order valence-electron chi connectivity index (χ3n) is 4.70. The Kier molecular flexibility index (Phi) is 5.35. The smallest absolute Gasteiger partial charge is 0.257 e. The van der Waals surface area contributed by atoms with Crippen LogP contribution in [0, 0.1) is 11.6 Å². The number of likely N-dealkylation sites (tertiary alicyclic amines) is 1. The van der Waals surface area contributed by atoms with Crippen molar-refractivity contribution in [2.45, 2.75) is 19.4 Å². The largest absolute Gasteiger partial charge is 0.338 e. The minimum atomic E-state index is -0.947. The van der Waals surface area contributed by atoms with Crippen molar-refractivity contribution in [3.63, 3.8) is 0 Å². The molecule has 0 saturated carbocycles. The number of benzene rings is 2. The van der Waals surface area contributed by atoms with Crippen molar-refractivity contribution in [1.82, 2.24) is 9.88 Å². The molecular weight excluding hydrogens is 396 g/mol. The zero-order valence-corrected chi connectivity index (χ0v) is 16.1. The fraction of sp³-hybridized carbons (Fsp3) is 0.190. The number of thiazole rings is 1. The van der Waals surface area contributed by atoms with E-state index >= 15 is 0 Å². The van der Waals surface area contributed by atoms with E-state index in [0.29, 0.717) is 34.9 Å².